The van der Waals surface area contributed by atoms with Crippen molar-refractivity contribution >= 4 is 21.0 Å². The fourth-order valence-electron chi connectivity index (χ4n) is 0.781. The Bertz CT molecular complexity index is 241. The first-order valence-electron chi connectivity index (χ1n) is 3.37. The highest BCUT2D eigenvalue weighted by atomic mass is 127. The predicted octanol–water partition coefficient (Wildman–Crippen LogP) is 2.52. The summed E-state index contributed by atoms with van der Waals surface area (Å²) in [7, 11) is 0. The van der Waals surface area contributed by atoms with Crippen LogP contribution in [0.2, 0.25) is 0 Å². The molecule has 0 saturated carbocycles. The monoisotopic (exact) mass is 262 g/mol. The van der Waals surface area contributed by atoms with E-state index in [9.17, 15) is 0 Å². The number of nitrogens with two attached hydrogens (primary N) is 1. The van der Waals surface area contributed by atoms with Crippen LogP contribution < -0.4 is 5.84 Å². The lowest BCUT2D eigenvalue weighted by Gasteiger charge is -1.94. The van der Waals surface area contributed by atoms with E-state index in [4.69, 9.17) is 5.84 Å². The van der Waals surface area contributed by atoms with Crippen LogP contribution in [0.5, 0.6) is 0 Å². The normalized spacial score (nSPS) is 11.5. The van der Waals surface area contributed by atoms with Gasteiger partial charge in [-0.25, -0.2) is 5.84 Å². The molecular formula is C8H11IN2. The van der Waals surface area contributed by atoms with Crippen molar-refractivity contribution in [2.24, 2.45) is 9.10 Å². The summed E-state index contributed by atoms with van der Waals surface area (Å²) in [6, 6.07) is 8.52. The molecule has 1 aromatic carbocycles. The minimum Gasteiger partial charge on any atom is -0.223 e. The maximum Gasteiger partial charge on any atom is 0.0379 e. The van der Waals surface area contributed by atoms with E-state index in [1.165, 1.54) is 11.1 Å². The molecule has 0 aliphatic heterocycles. The minimum atomic E-state index is -0.158. The Kier molecular flexibility index (Phi) is 3.65. The molecule has 0 saturated heterocycles. The van der Waals surface area contributed by atoms with Crippen LogP contribution in [0, 0.1) is 6.92 Å². The molecule has 0 aliphatic rings. The fourth-order valence-corrected chi connectivity index (χ4v) is 1.88. The zero-order valence-electron chi connectivity index (χ0n) is 6.42. The lowest BCUT2D eigenvalue weighted by Crippen LogP contribution is -1.77. The van der Waals surface area contributed by atoms with E-state index in [-0.39, 0.29) is 21.0 Å². The van der Waals surface area contributed by atoms with E-state index in [2.05, 4.69) is 34.4 Å². The number of hydrogen-bond acceptors (Lipinski definition) is 2. The third-order valence-electron chi connectivity index (χ3n) is 1.40. The molecule has 0 aliphatic carbocycles. The molecule has 0 spiro atoms. The Balaban J connectivity index is 2.66. The first-order chi connectivity index (χ1) is 5.33. The third kappa shape index (κ3) is 3.07. The van der Waals surface area contributed by atoms with Gasteiger partial charge in [0.05, 0.1) is 0 Å². The number of hydrogen-bond donors (Lipinski definition) is 1. The second-order valence-electron chi connectivity index (χ2n) is 2.34. The Morgan fingerprint density at radius 2 is 2.00 bits per heavy atom. The van der Waals surface area contributed by atoms with E-state index < -0.39 is 0 Å². The number of benzene rings is 1. The van der Waals surface area contributed by atoms with Crippen LogP contribution in [-0.4, -0.2) is 0 Å². The number of aryl methyl sites for hydroxylation is 1. The van der Waals surface area contributed by atoms with E-state index >= 15 is 0 Å². The van der Waals surface area contributed by atoms with Crippen molar-refractivity contribution in [3.05, 3.63) is 35.4 Å². The van der Waals surface area contributed by atoms with Gasteiger partial charge in [-0.3, -0.25) is 0 Å². The lowest BCUT2D eigenvalue weighted by molar-refractivity contribution is 1.32. The zero-order valence-corrected chi connectivity index (χ0v) is 8.58. The lowest BCUT2D eigenvalue weighted by atomic mass is 10.2. The molecule has 2 nitrogen and oxygen atoms in total. The first-order valence-corrected chi connectivity index (χ1v) is 5.86. The summed E-state index contributed by atoms with van der Waals surface area (Å²) in [5.74, 6) is 5.08. The van der Waals surface area contributed by atoms with E-state index in [1.54, 1.807) is 0 Å². The molecule has 1 aromatic rings. The molecule has 0 atom stereocenters. The summed E-state index contributed by atoms with van der Waals surface area (Å²) in [5.41, 5.74) is 2.65. The Hall–Kier alpha value is -0.290. The topological polar surface area (TPSA) is 38.4 Å². The van der Waals surface area contributed by atoms with Crippen molar-refractivity contribution in [1.29, 1.82) is 0 Å². The second kappa shape index (κ2) is 4.56. The summed E-state index contributed by atoms with van der Waals surface area (Å²) in [6.07, 6.45) is 0. The van der Waals surface area contributed by atoms with Crippen molar-refractivity contribution in [2.75, 3.05) is 0 Å². The molecule has 60 valence electrons. The van der Waals surface area contributed by atoms with Gasteiger partial charge in [0.25, 0.3) is 0 Å². The quantitative estimate of drug-likeness (QED) is 0.378. The highest BCUT2D eigenvalue weighted by Gasteiger charge is 1.88. The number of halogens is 1. The molecule has 0 aromatic heterocycles. The number of alkyl halides is 1. The summed E-state index contributed by atoms with van der Waals surface area (Å²) in [5, 5.41) is 0. The summed E-state index contributed by atoms with van der Waals surface area (Å²) < 4.78 is 4.71. The maximum absolute atomic E-state index is 5.08. The van der Waals surface area contributed by atoms with Gasteiger partial charge in [0, 0.05) is 25.5 Å². The molecule has 3 heteroatoms. The maximum atomic E-state index is 5.08. The summed E-state index contributed by atoms with van der Waals surface area (Å²) in [6.45, 7) is 2.09. The molecule has 0 radical (unpaired) electrons. The van der Waals surface area contributed by atoms with Gasteiger partial charge in [0.2, 0.25) is 0 Å². The van der Waals surface area contributed by atoms with Gasteiger partial charge in [-0.1, -0.05) is 29.8 Å². The SMILES string of the molecule is Cc1ccc(CI=NN)cc1. The molecule has 0 fully saturated rings. The Labute approximate surface area is 76.9 Å². The smallest absolute Gasteiger partial charge is 0.0379 e. The molecule has 0 bridgehead atoms. The summed E-state index contributed by atoms with van der Waals surface area (Å²) in [4.78, 5) is 0. The van der Waals surface area contributed by atoms with Gasteiger partial charge in [-0.15, -0.1) is 0 Å². The molecule has 11 heavy (non-hydrogen) atoms. The van der Waals surface area contributed by atoms with Crippen molar-refractivity contribution in [3.8, 4) is 0 Å². The minimum absolute atomic E-state index is 0.158. The van der Waals surface area contributed by atoms with Crippen molar-refractivity contribution in [2.45, 2.75) is 11.4 Å². The molecule has 0 heterocycles. The van der Waals surface area contributed by atoms with Gasteiger partial charge in [-0.05, 0) is 12.5 Å². The average molecular weight is 262 g/mol. The predicted molar refractivity (Wildman–Crippen MR) is 55.5 cm³/mol. The molecule has 0 unspecified atom stereocenters. The highest BCUT2D eigenvalue weighted by Crippen LogP contribution is 2.11. The van der Waals surface area contributed by atoms with E-state index in [1.807, 2.05) is 0 Å². The van der Waals surface area contributed by atoms with Gasteiger partial charge < -0.3 is 0 Å². The fraction of sp³-hybridized carbons (Fsp3) is 0.250. The highest BCUT2D eigenvalue weighted by molar-refractivity contribution is 14.1. The third-order valence-corrected chi connectivity index (χ3v) is 3.02. The Morgan fingerprint density at radius 3 is 2.55 bits per heavy atom. The van der Waals surface area contributed by atoms with Crippen molar-refractivity contribution in [3.63, 3.8) is 0 Å². The van der Waals surface area contributed by atoms with Crippen LogP contribution in [0.25, 0.3) is 0 Å². The van der Waals surface area contributed by atoms with Crippen molar-refractivity contribution < 1.29 is 0 Å². The van der Waals surface area contributed by atoms with Gasteiger partial charge in [0.1, 0.15) is 0 Å². The number of nitrogens with zero attached hydrogens (tertiary/aromatic N) is 1. The standard InChI is InChI=1S/C8H11IN2/c1-7-2-4-8(5-3-7)6-9-11-10/h2-5H,6,10H2,1H3. The van der Waals surface area contributed by atoms with Gasteiger partial charge in [0.15, 0.2) is 0 Å². The van der Waals surface area contributed by atoms with Crippen LogP contribution in [0.1, 0.15) is 11.1 Å². The number of rotatable bonds is 2. The van der Waals surface area contributed by atoms with Crippen LogP contribution in [0.4, 0.5) is 0 Å². The zero-order chi connectivity index (χ0) is 8.10. The van der Waals surface area contributed by atoms with Crippen LogP contribution in [-0.2, 0) is 4.43 Å². The first kappa shape index (κ1) is 8.80. The second-order valence-corrected chi connectivity index (χ2v) is 4.34. The van der Waals surface area contributed by atoms with E-state index in [0.717, 1.165) is 4.43 Å². The molecule has 0 amide bonds. The Morgan fingerprint density at radius 1 is 1.36 bits per heavy atom. The molecule has 1 rings (SSSR count). The van der Waals surface area contributed by atoms with Crippen LogP contribution in [0.3, 0.4) is 0 Å². The molecule has 2 N–H and O–H groups in total. The van der Waals surface area contributed by atoms with Crippen LogP contribution in [0.15, 0.2) is 27.5 Å². The molecular weight excluding hydrogens is 251 g/mol. The van der Waals surface area contributed by atoms with Gasteiger partial charge in [-0.2, -0.15) is 3.25 Å². The largest absolute Gasteiger partial charge is 0.223 e. The average Bonchev–Trinajstić information content (AvgIpc) is 2.04. The van der Waals surface area contributed by atoms with Crippen LogP contribution >= 0.6 is 21.0 Å². The van der Waals surface area contributed by atoms with Gasteiger partial charge >= 0.3 is 0 Å². The summed E-state index contributed by atoms with van der Waals surface area (Å²) >= 11 is -0.158. The van der Waals surface area contributed by atoms with Crippen molar-refractivity contribution in [1.82, 2.24) is 0 Å². The van der Waals surface area contributed by atoms with E-state index in [0.29, 0.717) is 0 Å².